The first kappa shape index (κ1) is 19.9. The van der Waals surface area contributed by atoms with Gasteiger partial charge < -0.3 is 10.6 Å². The Bertz CT molecular complexity index is 1070. The summed E-state index contributed by atoms with van der Waals surface area (Å²) in [6.07, 6.45) is 0. The number of para-hydroxylation sites is 1. The highest BCUT2D eigenvalue weighted by Gasteiger charge is 2.14. The summed E-state index contributed by atoms with van der Waals surface area (Å²) in [7, 11) is 0. The van der Waals surface area contributed by atoms with Gasteiger partial charge in [-0.05, 0) is 68.3 Å². The fourth-order valence-corrected chi connectivity index (χ4v) is 2.86. The topological polar surface area (TPSA) is 88.2 Å². The van der Waals surface area contributed by atoms with E-state index in [2.05, 4.69) is 15.6 Å². The maximum absolute atomic E-state index is 12.6. The van der Waals surface area contributed by atoms with Crippen molar-refractivity contribution < 1.29 is 14.4 Å². The van der Waals surface area contributed by atoms with Crippen LogP contribution in [0.2, 0.25) is 0 Å². The number of amides is 2. The first-order valence-corrected chi connectivity index (χ1v) is 9.12. The van der Waals surface area contributed by atoms with Gasteiger partial charge in [0.05, 0.1) is 0 Å². The summed E-state index contributed by atoms with van der Waals surface area (Å²) in [6, 6.07) is 17.0. The molecular weight excluding hydrogens is 366 g/mol. The van der Waals surface area contributed by atoms with Crippen LogP contribution in [0.25, 0.3) is 0 Å². The summed E-state index contributed by atoms with van der Waals surface area (Å²) in [4.78, 5) is 40.6. The zero-order valence-electron chi connectivity index (χ0n) is 16.4. The first-order valence-electron chi connectivity index (χ1n) is 9.12. The molecule has 0 aliphatic heterocycles. The van der Waals surface area contributed by atoms with Gasteiger partial charge in [-0.1, -0.05) is 24.3 Å². The lowest BCUT2D eigenvalue weighted by molar-refractivity contribution is 0.100. The zero-order chi connectivity index (χ0) is 21.0. The number of aromatic nitrogens is 1. The van der Waals surface area contributed by atoms with E-state index in [-0.39, 0.29) is 23.1 Å². The smallest absolute Gasteiger partial charge is 0.274 e. The van der Waals surface area contributed by atoms with Crippen LogP contribution in [0.1, 0.15) is 49.4 Å². The second-order valence-electron chi connectivity index (χ2n) is 6.72. The van der Waals surface area contributed by atoms with Gasteiger partial charge in [0.1, 0.15) is 11.4 Å². The molecule has 0 saturated heterocycles. The molecule has 1 heterocycles. The molecule has 0 atom stereocenters. The molecule has 0 aliphatic rings. The predicted molar refractivity (Wildman–Crippen MR) is 113 cm³/mol. The van der Waals surface area contributed by atoms with E-state index in [1.54, 1.807) is 36.4 Å². The van der Waals surface area contributed by atoms with Gasteiger partial charge in [0.15, 0.2) is 5.78 Å². The quantitative estimate of drug-likeness (QED) is 0.635. The molecule has 6 heteroatoms. The van der Waals surface area contributed by atoms with E-state index in [1.807, 2.05) is 32.0 Å². The van der Waals surface area contributed by atoms with Gasteiger partial charge >= 0.3 is 0 Å². The molecular formula is C23H21N3O3. The van der Waals surface area contributed by atoms with Crippen LogP contribution < -0.4 is 10.6 Å². The molecule has 146 valence electrons. The summed E-state index contributed by atoms with van der Waals surface area (Å²) in [5.74, 6) is -0.877. The van der Waals surface area contributed by atoms with Crippen molar-refractivity contribution in [1.29, 1.82) is 0 Å². The normalized spacial score (nSPS) is 10.3. The maximum Gasteiger partial charge on any atom is 0.274 e. The number of nitrogens with one attached hydrogen (secondary N) is 2. The van der Waals surface area contributed by atoms with Crippen molar-refractivity contribution in [1.82, 2.24) is 4.98 Å². The summed E-state index contributed by atoms with van der Waals surface area (Å²) >= 11 is 0. The first-order chi connectivity index (χ1) is 13.8. The molecule has 0 unspecified atom stereocenters. The fourth-order valence-electron chi connectivity index (χ4n) is 2.86. The van der Waals surface area contributed by atoms with Crippen molar-refractivity contribution in [2.45, 2.75) is 20.8 Å². The lowest BCUT2D eigenvalue weighted by Gasteiger charge is -2.11. The second kappa shape index (κ2) is 8.48. The SMILES string of the molecule is CC(=O)c1ccc(NC(=O)c2cccc(C(=O)Nc3c(C)cccc3C)n2)cc1. The number of Topliss-reactive ketones (excluding diaryl/α,β-unsaturated/α-hetero) is 1. The predicted octanol–water partition coefficient (Wildman–Crippen LogP) is 4.41. The molecule has 0 fully saturated rings. The Hall–Kier alpha value is -3.80. The third-order valence-electron chi connectivity index (χ3n) is 4.48. The molecule has 1 aromatic heterocycles. The molecule has 2 N–H and O–H groups in total. The van der Waals surface area contributed by atoms with E-state index < -0.39 is 5.91 Å². The number of anilines is 2. The number of pyridine rings is 1. The third-order valence-corrected chi connectivity index (χ3v) is 4.48. The number of nitrogens with zero attached hydrogens (tertiary/aromatic N) is 1. The average Bonchev–Trinajstić information content (AvgIpc) is 2.71. The third kappa shape index (κ3) is 4.73. The van der Waals surface area contributed by atoms with Gasteiger partial charge in [-0.2, -0.15) is 0 Å². The number of carbonyl (C=O) groups is 3. The summed E-state index contributed by atoms with van der Waals surface area (Å²) in [6.45, 7) is 5.31. The number of ketones is 1. The van der Waals surface area contributed by atoms with E-state index in [0.29, 0.717) is 11.3 Å². The molecule has 0 radical (unpaired) electrons. The minimum absolute atomic E-state index is 0.0489. The number of benzene rings is 2. The molecule has 3 aromatic rings. The van der Waals surface area contributed by atoms with Crippen LogP contribution >= 0.6 is 0 Å². The largest absolute Gasteiger partial charge is 0.321 e. The minimum atomic E-state index is -0.442. The summed E-state index contributed by atoms with van der Waals surface area (Å²) in [5.41, 5.74) is 3.99. The monoisotopic (exact) mass is 387 g/mol. The van der Waals surface area contributed by atoms with Crippen molar-refractivity contribution in [2.24, 2.45) is 0 Å². The van der Waals surface area contributed by atoms with Crippen LogP contribution in [0.4, 0.5) is 11.4 Å². The van der Waals surface area contributed by atoms with Crippen molar-refractivity contribution in [3.8, 4) is 0 Å². The van der Waals surface area contributed by atoms with E-state index in [4.69, 9.17) is 0 Å². The lowest BCUT2D eigenvalue weighted by atomic mass is 10.1. The number of aryl methyl sites for hydroxylation is 2. The Labute approximate surface area is 169 Å². The number of carbonyl (C=O) groups excluding carboxylic acids is 3. The molecule has 6 nitrogen and oxygen atoms in total. The highest BCUT2D eigenvalue weighted by atomic mass is 16.2. The van der Waals surface area contributed by atoms with Gasteiger partial charge in [0, 0.05) is 16.9 Å². The van der Waals surface area contributed by atoms with Crippen molar-refractivity contribution in [3.05, 3.63) is 88.7 Å². The van der Waals surface area contributed by atoms with Gasteiger partial charge in [0.25, 0.3) is 11.8 Å². The molecule has 2 aromatic carbocycles. The Morgan fingerprint density at radius 3 is 1.79 bits per heavy atom. The second-order valence-corrected chi connectivity index (χ2v) is 6.72. The Morgan fingerprint density at radius 2 is 1.24 bits per heavy atom. The fraction of sp³-hybridized carbons (Fsp3) is 0.130. The van der Waals surface area contributed by atoms with Crippen molar-refractivity contribution in [3.63, 3.8) is 0 Å². The van der Waals surface area contributed by atoms with Gasteiger partial charge in [-0.3, -0.25) is 14.4 Å². The van der Waals surface area contributed by atoms with Crippen LogP contribution in [-0.2, 0) is 0 Å². The Morgan fingerprint density at radius 1 is 0.724 bits per heavy atom. The molecule has 3 rings (SSSR count). The molecule has 0 saturated carbocycles. The van der Waals surface area contributed by atoms with Crippen LogP contribution in [0.3, 0.4) is 0 Å². The van der Waals surface area contributed by atoms with Crippen molar-refractivity contribution in [2.75, 3.05) is 10.6 Å². The average molecular weight is 387 g/mol. The standard InChI is InChI=1S/C23H21N3O3/c1-14-6-4-7-15(2)21(14)26-23(29)20-9-5-8-19(25-20)22(28)24-18-12-10-17(11-13-18)16(3)27/h4-13H,1-3H3,(H,24,28)(H,26,29). The van der Waals surface area contributed by atoms with Crippen LogP contribution in [-0.4, -0.2) is 22.6 Å². The molecule has 2 amide bonds. The lowest BCUT2D eigenvalue weighted by Crippen LogP contribution is -2.19. The van der Waals surface area contributed by atoms with Gasteiger partial charge in [0.2, 0.25) is 0 Å². The summed E-state index contributed by atoms with van der Waals surface area (Å²) < 4.78 is 0. The Kier molecular flexibility index (Phi) is 5.83. The van der Waals surface area contributed by atoms with Crippen LogP contribution in [0.5, 0.6) is 0 Å². The molecule has 0 aliphatic carbocycles. The van der Waals surface area contributed by atoms with E-state index in [1.165, 1.54) is 13.0 Å². The number of hydrogen-bond acceptors (Lipinski definition) is 4. The summed E-state index contributed by atoms with van der Waals surface area (Å²) in [5, 5.41) is 5.58. The highest BCUT2D eigenvalue weighted by molar-refractivity contribution is 6.06. The van der Waals surface area contributed by atoms with Gasteiger partial charge in [-0.25, -0.2) is 4.98 Å². The van der Waals surface area contributed by atoms with E-state index >= 15 is 0 Å². The zero-order valence-corrected chi connectivity index (χ0v) is 16.4. The van der Waals surface area contributed by atoms with Crippen LogP contribution in [0.15, 0.2) is 60.7 Å². The number of hydrogen-bond donors (Lipinski definition) is 2. The maximum atomic E-state index is 12.6. The highest BCUT2D eigenvalue weighted by Crippen LogP contribution is 2.20. The van der Waals surface area contributed by atoms with E-state index in [0.717, 1.165) is 16.8 Å². The molecule has 29 heavy (non-hydrogen) atoms. The minimum Gasteiger partial charge on any atom is -0.321 e. The Balaban J connectivity index is 1.75. The van der Waals surface area contributed by atoms with Gasteiger partial charge in [-0.15, -0.1) is 0 Å². The van der Waals surface area contributed by atoms with E-state index in [9.17, 15) is 14.4 Å². The molecule has 0 bridgehead atoms. The van der Waals surface area contributed by atoms with Crippen LogP contribution in [0, 0.1) is 13.8 Å². The molecule has 0 spiro atoms. The van der Waals surface area contributed by atoms with Crippen molar-refractivity contribution >= 4 is 29.0 Å². The number of rotatable bonds is 5.